The second-order valence-corrected chi connectivity index (χ2v) is 8.34. The first-order chi connectivity index (χ1) is 11.6. The Balaban J connectivity index is 1.67. The van der Waals surface area contributed by atoms with Crippen molar-refractivity contribution >= 4 is 33.4 Å². The van der Waals surface area contributed by atoms with Gasteiger partial charge in [0.25, 0.3) is 0 Å². The molecule has 1 aliphatic rings. The summed E-state index contributed by atoms with van der Waals surface area (Å²) in [6, 6.07) is 7.71. The summed E-state index contributed by atoms with van der Waals surface area (Å²) >= 11 is 0. The van der Waals surface area contributed by atoms with Gasteiger partial charge in [-0.25, -0.2) is 4.79 Å². The van der Waals surface area contributed by atoms with Gasteiger partial charge in [0.05, 0.1) is 5.25 Å². The van der Waals surface area contributed by atoms with Crippen LogP contribution < -0.4 is 10.6 Å². The molecule has 2 N–H and O–H groups in total. The third-order valence-corrected chi connectivity index (χ3v) is 6.60. The van der Waals surface area contributed by atoms with E-state index in [1.54, 1.807) is 0 Å². The highest BCUT2D eigenvalue weighted by Gasteiger charge is 2.30. The van der Waals surface area contributed by atoms with Crippen LogP contribution in [0.15, 0.2) is 30.5 Å². The highest BCUT2D eigenvalue weighted by Crippen LogP contribution is 2.24. The largest absolute Gasteiger partial charge is 0.350 e. The Labute approximate surface area is 145 Å². The zero-order valence-corrected chi connectivity index (χ0v) is 15.1. The molecule has 0 bridgehead atoms. The van der Waals surface area contributed by atoms with Crippen LogP contribution in [0.5, 0.6) is 0 Å². The van der Waals surface area contributed by atoms with Crippen molar-refractivity contribution in [2.45, 2.75) is 43.9 Å². The fraction of sp³-hybridized carbons (Fsp3) is 0.500. The number of rotatable bonds is 4. The first-order valence-electron chi connectivity index (χ1n) is 8.58. The Morgan fingerprint density at radius 3 is 2.88 bits per heavy atom. The van der Waals surface area contributed by atoms with E-state index in [9.17, 15) is 9.00 Å². The van der Waals surface area contributed by atoms with E-state index < -0.39 is 10.8 Å². The Hall–Kier alpha value is -1.82. The molecule has 0 saturated heterocycles. The number of hydrogen-bond donors (Lipinski definition) is 2. The number of aryl methyl sites for hydroxylation is 1. The van der Waals surface area contributed by atoms with Crippen molar-refractivity contribution < 1.29 is 9.00 Å². The second-order valence-electron chi connectivity index (χ2n) is 6.40. The van der Waals surface area contributed by atoms with Crippen LogP contribution in [0.25, 0.3) is 10.9 Å². The average molecular weight is 347 g/mol. The molecule has 24 heavy (non-hydrogen) atoms. The number of hydrogen-bond acceptors (Lipinski definition) is 2. The van der Waals surface area contributed by atoms with Gasteiger partial charge in [0, 0.05) is 47.0 Å². The summed E-state index contributed by atoms with van der Waals surface area (Å²) in [5.41, 5.74) is 1.85. The highest BCUT2D eigenvalue weighted by atomic mass is 32.2. The van der Waals surface area contributed by atoms with Gasteiger partial charge in [0.15, 0.2) is 0 Å². The summed E-state index contributed by atoms with van der Waals surface area (Å²) in [5, 5.41) is 7.17. The third-order valence-electron chi connectivity index (χ3n) is 4.79. The number of anilines is 1. The van der Waals surface area contributed by atoms with E-state index in [1.165, 1.54) is 0 Å². The molecule has 1 heterocycles. The molecule has 0 radical (unpaired) electrons. The molecule has 3 atom stereocenters. The number of carbonyl (C=O) groups excluding carboxylic acids is 1. The number of nitrogens with zero attached hydrogens (tertiary/aromatic N) is 1. The maximum atomic E-state index is 12.4. The number of aromatic nitrogens is 1. The lowest BCUT2D eigenvalue weighted by molar-refractivity contribution is 0.244. The van der Waals surface area contributed by atoms with Crippen molar-refractivity contribution in [2.75, 3.05) is 11.1 Å². The zero-order valence-electron chi connectivity index (χ0n) is 14.2. The van der Waals surface area contributed by atoms with Crippen molar-refractivity contribution in [2.24, 2.45) is 7.05 Å². The van der Waals surface area contributed by atoms with Crippen molar-refractivity contribution in [1.82, 2.24) is 9.88 Å². The predicted octanol–water partition coefficient (Wildman–Crippen LogP) is 3.38. The molecule has 5 nitrogen and oxygen atoms in total. The number of benzene rings is 1. The van der Waals surface area contributed by atoms with E-state index in [0.717, 1.165) is 42.3 Å². The Kier molecular flexibility index (Phi) is 5.23. The average Bonchev–Trinajstić information content (AvgIpc) is 2.95. The van der Waals surface area contributed by atoms with Crippen molar-refractivity contribution in [1.29, 1.82) is 0 Å². The molecule has 130 valence electrons. The summed E-state index contributed by atoms with van der Waals surface area (Å²) in [5.74, 6) is 0.647. The number of fused-ring (bicyclic) bond motifs is 1. The van der Waals surface area contributed by atoms with Gasteiger partial charge in [-0.2, -0.15) is 0 Å². The lowest BCUT2D eigenvalue weighted by atomic mass is 9.95. The van der Waals surface area contributed by atoms with Crippen molar-refractivity contribution in [3.8, 4) is 0 Å². The maximum absolute atomic E-state index is 12.4. The molecule has 1 aliphatic carbocycles. The molecule has 1 fully saturated rings. The summed E-state index contributed by atoms with van der Waals surface area (Å²) in [6.07, 6.45) is 6.01. The highest BCUT2D eigenvalue weighted by molar-refractivity contribution is 7.85. The quantitative estimate of drug-likeness (QED) is 0.890. The van der Waals surface area contributed by atoms with E-state index >= 15 is 0 Å². The van der Waals surface area contributed by atoms with E-state index in [0.29, 0.717) is 5.75 Å². The predicted molar refractivity (Wildman–Crippen MR) is 99.8 cm³/mol. The Morgan fingerprint density at radius 2 is 2.08 bits per heavy atom. The third kappa shape index (κ3) is 3.64. The SMILES string of the molecule is CC[S@](=O)[C@@H]1CCCC[C@H]1NC(=O)Nc1ccc2ccn(C)c2c1. The molecule has 0 aliphatic heterocycles. The van der Waals surface area contributed by atoms with Crippen LogP contribution in [0.3, 0.4) is 0 Å². The molecule has 1 aromatic heterocycles. The first-order valence-corrected chi connectivity index (χ1v) is 9.96. The molecule has 6 heteroatoms. The van der Waals surface area contributed by atoms with E-state index in [2.05, 4.69) is 10.6 Å². The van der Waals surface area contributed by atoms with Crippen LogP contribution in [0, 0.1) is 0 Å². The minimum Gasteiger partial charge on any atom is -0.350 e. The van der Waals surface area contributed by atoms with Gasteiger partial charge in [0.1, 0.15) is 0 Å². The van der Waals surface area contributed by atoms with Crippen LogP contribution >= 0.6 is 0 Å². The summed E-state index contributed by atoms with van der Waals surface area (Å²) in [7, 11) is 1.12. The van der Waals surface area contributed by atoms with Gasteiger partial charge in [-0.1, -0.05) is 25.8 Å². The Morgan fingerprint density at radius 1 is 1.29 bits per heavy atom. The lowest BCUT2D eigenvalue weighted by Gasteiger charge is -2.31. The summed E-state index contributed by atoms with van der Waals surface area (Å²) in [4.78, 5) is 12.4. The Bertz CT molecular complexity index is 756. The molecule has 0 unspecified atom stereocenters. The molecule has 3 rings (SSSR count). The molecular weight excluding hydrogens is 322 g/mol. The topological polar surface area (TPSA) is 63.1 Å². The van der Waals surface area contributed by atoms with Crippen LogP contribution in [0.1, 0.15) is 32.6 Å². The lowest BCUT2D eigenvalue weighted by Crippen LogP contribution is -2.48. The number of nitrogens with one attached hydrogen (secondary N) is 2. The van der Waals surface area contributed by atoms with Gasteiger partial charge >= 0.3 is 6.03 Å². The molecule has 2 aromatic rings. The normalized spacial score (nSPS) is 22.2. The fourth-order valence-electron chi connectivity index (χ4n) is 3.47. The number of amides is 2. The monoisotopic (exact) mass is 347 g/mol. The summed E-state index contributed by atoms with van der Waals surface area (Å²) in [6.45, 7) is 1.94. The van der Waals surface area contributed by atoms with Crippen LogP contribution in [0.2, 0.25) is 0 Å². The smallest absolute Gasteiger partial charge is 0.319 e. The van der Waals surface area contributed by atoms with Gasteiger partial charge in [-0.3, -0.25) is 4.21 Å². The van der Waals surface area contributed by atoms with E-state index in [4.69, 9.17) is 0 Å². The second kappa shape index (κ2) is 7.38. The van der Waals surface area contributed by atoms with Gasteiger partial charge < -0.3 is 15.2 Å². The van der Waals surface area contributed by atoms with Gasteiger partial charge in [-0.05, 0) is 36.4 Å². The minimum absolute atomic E-state index is 0.00157. The van der Waals surface area contributed by atoms with Gasteiger partial charge in [0.2, 0.25) is 0 Å². The molecule has 2 amide bonds. The molecule has 0 spiro atoms. The number of carbonyl (C=O) groups is 1. The molecule has 1 saturated carbocycles. The summed E-state index contributed by atoms with van der Waals surface area (Å²) < 4.78 is 14.2. The fourth-order valence-corrected chi connectivity index (χ4v) is 4.89. The van der Waals surface area contributed by atoms with E-state index in [-0.39, 0.29) is 17.3 Å². The van der Waals surface area contributed by atoms with Crippen LogP contribution in [0.4, 0.5) is 10.5 Å². The molecule has 1 aromatic carbocycles. The zero-order chi connectivity index (χ0) is 17.1. The number of urea groups is 1. The standard InChI is InChI=1S/C18H25N3O2S/c1-3-24(23)17-7-5-4-6-15(17)20-18(22)19-14-9-8-13-10-11-21(2)16(13)12-14/h8-12,15,17H,3-7H2,1-2H3,(H2,19,20,22)/t15-,17-,24+/m1/s1. The van der Waals surface area contributed by atoms with Crippen molar-refractivity contribution in [3.63, 3.8) is 0 Å². The maximum Gasteiger partial charge on any atom is 0.319 e. The van der Waals surface area contributed by atoms with E-state index in [1.807, 2.05) is 49.0 Å². The minimum atomic E-state index is -0.869. The van der Waals surface area contributed by atoms with Crippen molar-refractivity contribution in [3.05, 3.63) is 30.5 Å². The first kappa shape index (κ1) is 17.0. The van der Waals surface area contributed by atoms with Crippen LogP contribution in [-0.2, 0) is 17.8 Å². The van der Waals surface area contributed by atoms with Crippen LogP contribution in [-0.4, -0.2) is 31.9 Å². The molecular formula is C18H25N3O2S. The van der Waals surface area contributed by atoms with Gasteiger partial charge in [-0.15, -0.1) is 0 Å².